The van der Waals surface area contributed by atoms with Crippen molar-refractivity contribution in [2.45, 2.75) is 45.3 Å². The van der Waals surface area contributed by atoms with E-state index in [2.05, 4.69) is 0 Å². The van der Waals surface area contributed by atoms with Gasteiger partial charge in [0.1, 0.15) is 5.60 Å². The van der Waals surface area contributed by atoms with E-state index in [1.165, 1.54) is 0 Å². The van der Waals surface area contributed by atoms with Crippen LogP contribution in [0.25, 0.3) is 0 Å². The molecule has 86 valence electrons. The molecular weight excluding hydrogens is 192 g/mol. The van der Waals surface area contributed by atoms with Gasteiger partial charge in [-0.1, -0.05) is 0 Å². The summed E-state index contributed by atoms with van der Waals surface area (Å²) in [6.45, 7) is 7.24. The first-order valence-corrected chi connectivity index (χ1v) is 5.56. The van der Waals surface area contributed by atoms with E-state index < -0.39 is 5.60 Å². The Labute approximate surface area is 90.8 Å². The molecule has 0 radical (unpaired) electrons. The summed E-state index contributed by atoms with van der Waals surface area (Å²) in [6, 6.07) is 0.296. The maximum atomic E-state index is 11.7. The molecule has 0 aromatic rings. The fraction of sp³-hybridized carbons (Fsp3) is 0.909. The molecule has 2 N–H and O–H groups in total. The molecule has 2 rings (SSSR count). The lowest BCUT2D eigenvalue weighted by molar-refractivity contribution is 0.0285. The summed E-state index contributed by atoms with van der Waals surface area (Å²) in [5, 5.41) is 0. The SMILES string of the molecule is CC(C)(C)OC(=O)N1CC[C@]2(C[C@@H]2N)C1. The van der Waals surface area contributed by atoms with Crippen molar-refractivity contribution >= 4 is 6.09 Å². The zero-order valence-electron chi connectivity index (χ0n) is 9.75. The molecular formula is C11H20N2O2. The Morgan fingerprint density at radius 1 is 1.53 bits per heavy atom. The predicted molar refractivity (Wildman–Crippen MR) is 57.4 cm³/mol. The summed E-state index contributed by atoms with van der Waals surface area (Å²) in [5.74, 6) is 0. The second-order valence-corrected chi connectivity index (χ2v) is 5.82. The first kappa shape index (κ1) is 10.7. The van der Waals surface area contributed by atoms with Crippen molar-refractivity contribution in [3.05, 3.63) is 0 Å². The molecule has 1 saturated carbocycles. The van der Waals surface area contributed by atoms with E-state index in [1.807, 2.05) is 20.8 Å². The number of amides is 1. The fourth-order valence-electron chi connectivity index (χ4n) is 2.23. The molecule has 1 aliphatic carbocycles. The molecule has 2 atom stereocenters. The van der Waals surface area contributed by atoms with Crippen molar-refractivity contribution in [2.24, 2.45) is 11.1 Å². The number of nitrogens with two attached hydrogens (primary N) is 1. The lowest BCUT2D eigenvalue weighted by Gasteiger charge is -2.24. The Bertz CT molecular complexity index is 285. The van der Waals surface area contributed by atoms with E-state index >= 15 is 0 Å². The minimum Gasteiger partial charge on any atom is -0.444 e. The molecule has 1 heterocycles. The minimum absolute atomic E-state index is 0.196. The molecule has 1 spiro atoms. The van der Waals surface area contributed by atoms with Gasteiger partial charge in [0.15, 0.2) is 0 Å². The van der Waals surface area contributed by atoms with Crippen molar-refractivity contribution in [2.75, 3.05) is 13.1 Å². The van der Waals surface area contributed by atoms with Gasteiger partial charge in [-0.25, -0.2) is 4.79 Å². The average Bonchev–Trinajstić information content (AvgIpc) is 2.55. The third-order valence-corrected chi connectivity index (χ3v) is 3.29. The van der Waals surface area contributed by atoms with Gasteiger partial charge in [0, 0.05) is 24.5 Å². The fourth-order valence-corrected chi connectivity index (χ4v) is 2.23. The first-order chi connectivity index (χ1) is 6.82. The molecule has 2 fully saturated rings. The molecule has 4 nitrogen and oxygen atoms in total. The van der Waals surface area contributed by atoms with Crippen LogP contribution in [0.1, 0.15) is 33.6 Å². The van der Waals surface area contributed by atoms with Crippen LogP contribution in [0.4, 0.5) is 4.79 Å². The third-order valence-electron chi connectivity index (χ3n) is 3.29. The van der Waals surface area contributed by atoms with Crippen molar-refractivity contribution in [1.82, 2.24) is 4.90 Å². The van der Waals surface area contributed by atoms with Gasteiger partial charge in [-0.05, 0) is 33.6 Å². The van der Waals surface area contributed by atoms with Gasteiger partial charge in [-0.3, -0.25) is 0 Å². The van der Waals surface area contributed by atoms with E-state index in [4.69, 9.17) is 10.5 Å². The van der Waals surface area contributed by atoms with Crippen molar-refractivity contribution in [3.8, 4) is 0 Å². The predicted octanol–water partition coefficient (Wildman–Crippen LogP) is 1.34. The highest BCUT2D eigenvalue weighted by Crippen LogP contribution is 2.51. The molecule has 1 amide bonds. The number of likely N-dealkylation sites (tertiary alicyclic amines) is 1. The largest absolute Gasteiger partial charge is 0.444 e. The van der Waals surface area contributed by atoms with Crippen LogP contribution in [0.5, 0.6) is 0 Å². The highest BCUT2D eigenvalue weighted by Gasteiger charge is 2.56. The standard InChI is InChI=1S/C11H20N2O2/c1-10(2,3)15-9(14)13-5-4-11(7-13)6-8(11)12/h8H,4-7,12H2,1-3H3/t8-,11-/m0/s1. The topological polar surface area (TPSA) is 55.6 Å². The number of carbonyl (C=O) groups excluding carboxylic acids is 1. The number of rotatable bonds is 0. The highest BCUT2D eigenvalue weighted by atomic mass is 16.6. The molecule has 1 saturated heterocycles. The van der Waals surface area contributed by atoms with Crippen LogP contribution in [-0.4, -0.2) is 35.7 Å². The molecule has 1 aliphatic heterocycles. The van der Waals surface area contributed by atoms with Crippen LogP contribution in [0.2, 0.25) is 0 Å². The average molecular weight is 212 g/mol. The normalized spacial score (nSPS) is 34.7. The van der Waals surface area contributed by atoms with E-state index in [9.17, 15) is 4.79 Å². The summed E-state index contributed by atoms with van der Waals surface area (Å²) in [4.78, 5) is 13.5. The Balaban J connectivity index is 1.89. The van der Waals surface area contributed by atoms with Gasteiger partial charge in [0.2, 0.25) is 0 Å². The Morgan fingerprint density at radius 2 is 2.13 bits per heavy atom. The lowest BCUT2D eigenvalue weighted by Crippen LogP contribution is -2.35. The Hall–Kier alpha value is -0.770. The van der Waals surface area contributed by atoms with E-state index in [1.54, 1.807) is 4.90 Å². The minimum atomic E-state index is -0.404. The van der Waals surface area contributed by atoms with E-state index in [-0.39, 0.29) is 11.5 Å². The zero-order valence-corrected chi connectivity index (χ0v) is 9.75. The van der Waals surface area contributed by atoms with E-state index in [0.717, 1.165) is 25.9 Å². The first-order valence-electron chi connectivity index (χ1n) is 5.56. The second kappa shape index (κ2) is 3.11. The van der Waals surface area contributed by atoms with Gasteiger partial charge in [0.05, 0.1) is 0 Å². The maximum Gasteiger partial charge on any atom is 0.410 e. The lowest BCUT2D eigenvalue weighted by atomic mass is 10.1. The second-order valence-electron chi connectivity index (χ2n) is 5.82. The summed E-state index contributed by atoms with van der Waals surface area (Å²) in [6.07, 6.45) is 1.90. The van der Waals surface area contributed by atoms with Crippen LogP contribution in [0.15, 0.2) is 0 Å². The molecule has 4 heteroatoms. The van der Waals surface area contributed by atoms with Gasteiger partial charge in [0.25, 0.3) is 0 Å². The van der Waals surface area contributed by atoms with Crippen LogP contribution in [-0.2, 0) is 4.74 Å². The number of ether oxygens (including phenoxy) is 1. The van der Waals surface area contributed by atoms with Crippen molar-refractivity contribution in [1.29, 1.82) is 0 Å². The highest BCUT2D eigenvalue weighted by molar-refractivity contribution is 5.68. The van der Waals surface area contributed by atoms with Gasteiger partial charge < -0.3 is 15.4 Å². The molecule has 15 heavy (non-hydrogen) atoms. The molecule has 0 bridgehead atoms. The molecule has 2 aliphatic rings. The summed E-state index contributed by atoms with van der Waals surface area (Å²) in [7, 11) is 0. The van der Waals surface area contributed by atoms with Crippen LogP contribution in [0, 0.1) is 5.41 Å². The summed E-state index contributed by atoms with van der Waals surface area (Å²) in [5.41, 5.74) is 5.70. The number of hydrogen-bond donors (Lipinski definition) is 1. The number of nitrogens with zero attached hydrogens (tertiary/aromatic N) is 1. The molecule has 0 unspecified atom stereocenters. The van der Waals surface area contributed by atoms with Crippen molar-refractivity contribution < 1.29 is 9.53 Å². The quantitative estimate of drug-likeness (QED) is 0.659. The van der Waals surface area contributed by atoms with Gasteiger partial charge >= 0.3 is 6.09 Å². The maximum absolute atomic E-state index is 11.7. The molecule has 0 aromatic carbocycles. The Kier molecular flexibility index (Phi) is 2.23. The number of carbonyl (C=O) groups is 1. The van der Waals surface area contributed by atoms with Crippen LogP contribution >= 0.6 is 0 Å². The Morgan fingerprint density at radius 3 is 2.53 bits per heavy atom. The van der Waals surface area contributed by atoms with Crippen LogP contribution in [0.3, 0.4) is 0 Å². The summed E-state index contributed by atoms with van der Waals surface area (Å²) < 4.78 is 5.32. The monoisotopic (exact) mass is 212 g/mol. The van der Waals surface area contributed by atoms with E-state index in [0.29, 0.717) is 6.04 Å². The number of hydrogen-bond acceptors (Lipinski definition) is 3. The smallest absolute Gasteiger partial charge is 0.410 e. The summed E-state index contributed by atoms with van der Waals surface area (Å²) >= 11 is 0. The van der Waals surface area contributed by atoms with Crippen LogP contribution < -0.4 is 5.73 Å². The van der Waals surface area contributed by atoms with Gasteiger partial charge in [-0.15, -0.1) is 0 Å². The third kappa shape index (κ3) is 2.09. The van der Waals surface area contributed by atoms with Gasteiger partial charge in [-0.2, -0.15) is 0 Å². The zero-order chi connectivity index (χ0) is 11.3. The molecule has 0 aromatic heterocycles. The van der Waals surface area contributed by atoms with Crippen molar-refractivity contribution in [3.63, 3.8) is 0 Å².